The molecule has 0 saturated heterocycles. The number of nitrogens with one attached hydrogen (secondary N) is 1. The summed E-state index contributed by atoms with van der Waals surface area (Å²) in [6.07, 6.45) is 2.03. The van der Waals surface area contributed by atoms with E-state index in [0.717, 1.165) is 17.4 Å². The van der Waals surface area contributed by atoms with E-state index < -0.39 is 10.0 Å². The summed E-state index contributed by atoms with van der Waals surface area (Å²) in [5.41, 5.74) is 1.65. The lowest BCUT2D eigenvalue weighted by atomic mass is 10.2. The van der Waals surface area contributed by atoms with E-state index in [1.165, 1.54) is 12.1 Å². The Kier molecular flexibility index (Phi) is 4.72. The van der Waals surface area contributed by atoms with Crippen LogP contribution >= 0.6 is 0 Å². The summed E-state index contributed by atoms with van der Waals surface area (Å²) >= 11 is 0. The SMILES string of the molecule is COc1ccc(S(=O)(=O)Nc2ccc3c(ccn3CC(C)C)c2)cc1. The molecule has 0 saturated carbocycles. The molecule has 0 atom stereocenters. The number of fused-ring (bicyclic) bond motifs is 1. The van der Waals surface area contributed by atoms with Gasteiger partial charge in [-0.2, -0.15) is 0 Å². The lowest BCUT2D eigenvalue weighted by Crippen LogP contribution is -2.12. The van der Waals surface area contributed by atoms with Crippen molar-refractivity contribution in [1.82, 2.24) is 4.57 Å². The molecule has 25 heavy (non-hydrogen) atoms. The molecule has 0 unspecified atom stereocenters. The quantitative estimate of drug-likeness (QED) is 0.721. The molecule has 0 aliphatic heterocycles. The summed E-state index contributed by atoms with van der Waals surface area (Å²) in [6.45, 7) is 5.27. The van der Waals surface area contributed by atoms with Crippen molar-refractivity contribution in [2.75, 3.05) is 11.8 Å². The van der Waals surface area contributed by atoms with Gasteiger partial charge in [0, 0.05) is 29.3 Å². The highest BCUT2D eigenvalue weighted by Crippen LogP contribution is 2.24. The van der Waals surface area contributed by atoms with Crippen molar-refractivity contribution >= 4 is 26.6 Å². The van der Waals surface area contributed by atoms with E-state index >= 15 is 0 Å². The standard InChI is InChI=1S/C19H22N2O3S/c1-14(2)13-21-11-10-15-12-16(4-9-19(15)21)20-25(22,23)18-7-5-17(24-3)6-8-18/h4-12,14,20H,13H2,1-3H3. The number of sulfonamides is 1. The van der Waals surface area contributed by atoms with E-state index in [0.29, 0.717) is 17.4 Å². The van der Waals surface area contributed by atoms with Gasteiger partial charge < -0.3 is 9.30 Å². The first kappa shape index (κ1) is 17.4. The Morgan fingerprint density at radius 1 is 1.08 bits per heavy atom. The van der Waals surface area contributed by atoms with Crippen LogP contribution in [0.5, 0.6) is 5.75 Å². The van der Waals surface area contributed by atoms with E-state index in [2.05, 4.69) is 23.1 Å². The van der Waals surface area contributed by atoms with Gasteiger partial charge in [-0.05, 0) is 54.4 Å². The first-order valence-electron chi connectivity index (χ1n) is 8.15. The molecule has 3 rings (SSSR count). The second-order valence-electron chi connectivity index (χ2n) is 6.42. The van der Waals surface area contributed by atoms with Gasteiger partial charge in [-0.15, -0.1) is 0 Å². The minimum Gasteiger partial charge on any atom is -0.497 e. The Morgan fingerprint density at radius 2 is 1.80 bits per heavy atom. The topological polar surface area (TPSA) is 60.3 Å². The van der Waals surface area contributed by atoms with Crippen molar-refractivity contribution in [1.29, 1.82) is 0 Å². The van der Waals surface area contributed by atoms with Gasteiger partial charge in [-0.3, -0.25) is 4.72 Å². The average molecular weight is 358 g/mol. The zero-order chi connectivity index (χ0) is 18.0. The molecule has 0 aliphatic rings. The van der Waals surface area contributed by atoms with Gasteiger partial charge in [0.15, 0.2) is 0 Å². The van der Waals surface area contributed by atoms with Crippen LogP contribution in [0.3, 0.4) is 0 Å². The number of benzene rings is 2. The molecule has 1 N–H and O–H groups in total. The van der Waals surface area contributed by atoms with Gasteiger partial charge in [0.1, 0.15) is 5.75 Å². The Morgan fingerprint density at radius 3 is 2.44 bits per heavy atom. The molecular formula is C19H22N2O3S. The number of anilines is 1. The van der Waals surface area contributed by atoms with Crippen LogP contribution in [0.15, 0.2) is 59.6 Å². The van der Waals surface area contributed by atoms with E-state index in [-0.39, 0.29) is 4.90 Å². The number of aromatic nitrogens is 1. The smallest absolute Gasteiger partial charge is 0.261 e. The molecule has 0 bridgehead atoms. The van der Waals surface area contributed by atoms with Gasteiger partial charge in [0.2, 0.25) is 0 Å². The van der Waals surface area contributed by atoms with Gasteiger partial charge >= 0.3 is 0 Å². The van der Waals surface area contributed by atoms with Crippen molar-refractivity contribution in [3.8, 4) is 5.75 Å². The molecule has 1 heterocycles. The van der Waals surface area contributed by atoms with Crippen LogP contribution in [0, 0.1) is 5.92 Å². The van der Waals surface area contributed by atoms with Crippen LogP contribution in [-0.2, 0) is 16.6 Å². The zero-order valence-corrected chi connectivity index (χ0v) is 15.4. The Hall–Kier alpha value is -2.47. The number of ether oxygens (including phenoxy) is 1. The maximum atomic E-state index is 12.5. The Labute approximate surface area is 148 Å². The van der Waals surface area contributed by atoms with E-state index in [9.17, 15) is 8.42 Å². The highest BCUT2D eigenvalue weighted by atomic mass is 32.2. The molecule has 0 aliphatic carbocycles. The first-order valence-corrected chi connectivity index (χ1v) is 9.63. The molecule has 2 aromatic carbocycles. The third-order valence-electron chi connectivity index (χ3n) is 3.95. The average Bonchev–Trinajstić information content (AvgIpc) is 2.96. The molecular weight excluding hydrogens is 336 g/mol. The second-order valence-corrected chi connectivity index (χ2v) is 8.10. The summed E-state index contributed by atoms with van der Waals surface area (Å²) in [5, 5.41) is 1.01. The van der Waals surface area contributed by atoms with Gasteiger partial charge in [-0.25, -0.2) is 8.42 Å². The second kappa shape index (κ2) is 6.80. The largest absolute Gasteiger partial charge is 0.497 e. The maximum Gasteiger partial charge on any atom is 0.261 e. The third kappa shape index (κ3) is 3.79. The third-order valence-corrected chi connectivity index (χ3v) is 5.35. The Balaban J connectivity index is 1.86. The summed E-state index contributed by atoms with van der Waals surface area (Å²) < 4.78 is 34.9. The summed E-state index contributed by atoms with van der Waals surface area (Å²) in [7, 11) is -2.09. The van der Waals surface area contributed by atoms with Crippen LogP contribution in [-0.4, -0.2) is 20.1 Å². The fraction of sp³-hybridized carbons (Fsp3) is 0.263. The number of rotatable bonds is 6. The van der Waals surface area contributed by atoms with Crippen molar-refractivity contribution in [2.24, 2.45) is 5.92 Å². The molecule has 5 nitrogen and oxygen atoms in total. The molecule has 0 amide bonds. The molecule has 6 heteroatoms. The maximum absolute atomic E-state index is 12.5. The highest BCUT2D eigenvalue weighted by molar-refractivity contribution is 7.92. The summed E-state index contributed by atoms with van der Waals surface area (Å²) in [6, 6.07) is 13.9. The molecule has 3 aromatic rings. The van der Waals surface area contributed by atoms with E-state index in [1.807, 2.05) is 24.4 Å². The number of nitrogens with zero attached hydrogens (tertiary/aromatic N) is 1. The normalized spacial score (nSPS) is 11.8. The predicted octanol–water partition coefficient (Wildman–Crippen LogP) is 4.11. The van der Waals surface area contributed by atoms with Crippen LogP contribution in [0.2, 0.25) is 0 Å². The van der Waals surface area contributed by atoms with Crippen molar-refractivity contribution in [3.05, 3.63) is 54.7 Å². The summed E-state index contributed by atoms with van der Waals surface area (Å²) in [4.78, 5) is 0.200. The number of hydrogen-bond donors (Lipinski definition) is 1. The Bertz CT molecular complexity index is 974. The lowest BCUT2D eigenvalue weighted by molar-refractivity contribution is 0.414. The van der Waals surface area contributed by atoms with E-state index in [4.69, 9.17) is 4.74 Å². The molecule has 0 radical (unpaired) electrons. The van der Waals surface area contributed by atoms with Crippen LogP contribution in [0.1, 0.15) is 13.8 Å². The number of methoxy groups -OCH3 is 1. The van der Waals surface area contributed by atoms with Crippen LogP contribution < -0.4 is 9.46 Å². The van der Waals surface area contributed by atoms with Crippen molar-refractivity contribution in [2.45, 2.75) is 25.3 Å². The van der Waals surface area contributed by atoms with Crippen molar-refractivity contribution in [3.63, 3.8) is 0 Å². The molecule has 132 valence electrons. The van der Waals surface area contributed by atoms with Crippen molar-refractivity contribution < 1.29 is 13.2 Å². The highest BCUT2D eigenvalue weighted by Gasteiger charge is 2.15. The van der Waals surface area contributed by atoms with Gasteiger partial charge in [0.25, 0.3) is 10.0 Å². The molecule has 1 aromatic heterocycles. The molecule has 0 spiro atoms. The minimum atomic E-state index is -3.63. The zero-order valence-electron chi connectivity index (χ0n) is 14.6. The monoisotopic (exact) mass is 358 g/mol. The van der Waals surface area contributed by atoms with E-state index in [1.54, 1.807) is 25.3 Å². The van der Waals surface area contributed by atoms with Gasteiger partial charge in [-0.1, -0.05) is 13.8 Å². The predicted molar refractivity (Wildman–Crippen MR) is 101 cm³/mol. The number of hydrogen-bond acceptors (Lipinski definition) is 3. The fourth-order valence-corrected chi connectivity index (χ4v) is 3.83. The van der Waals surface area contributed by atoms with Gasteiger partial charge in [0.05, 0.1) is 12.0 Å². The fourth-order valence-electron chi connectivity index (χ4n) is 2.79. The molecule has 0 fully saturated rings. The van der Waals surface area contributed by atoms with Crippen LogP contribution in [0.25, 0.3) is 10.9 Å². The van der Waals surface area contributed by atoms with Crippen LogP contribution in [0.4, 0.5) is 5.69 Å². The lowest BCUT2D eigenvalue weighted by Gasteiger charge is -2.11. The minimum absolute atomic E-state index is 0.200. The summed E-state index contributed by atoms with van der Waals surface area (Å²) in [5.74, 6) is 1.16. The first-order chi connectivity index (χ1) is 11.9.